The molecule has 2 saturated heterocycles. The second-order valence-corrected chi connectivity index (χ2v) is 11.3. The lowest BCUT2D eigenvalue weighted by molar-refractivity contribution is 0.0192. The number of hydrogen-bond acceptors (Lipinski definition) is 5. The Balaban J connectivity index is 1.14. The molecule has 3 heterocycles. The molecular weight excluding hydrogens is 462 g/mol. The van der Waals surface area contributed by atoms with Crippen LogP contribution in [0.3, 0.4) is 0 Å². The van der Waals surface area contributed by atoms with Crippen molar-refractivity contribution in [2.24, 2.45) is 0 Å². The summed E-state index contributed by atoms with van der Waals surface area (Å²) in [6.45, 7) is 3.55. The summed E-state index contributed by atoms with van der Waals surface area (Å²) in [7, 11) is 1.71. The van der Waals surface area contributed by atoms with Crippen LogP contribution in [0.2, 0.25) is 0 Å². The van der Waals surface area contributed by atoms with E-state index in [0.717, 1.165) is 62.2 Å². The van der Waals surface area contributed by atoms with Crippen LogP contribution < -0.4 is 9.64 Å². The maximum Gasteiger partial charge on any atom is 0.254 e. The first-order valence-corrected chi connectivity index (χ1v) is 13.8. The van der Waals surface area contributed by atoms with Gasteiger partial charge in [-0.2, -0.15) is 0 Å². The van der Waals surface area contributed by atoms with Crippen LogP contribution in [0.1, 0.15) is 53.6 Å². The number of carbonyl (C=O) groups is 1. The summed E-state index contributed by atoms with van der Waals surface area (Å²) in [5.74, 6) is 0.992. The van der Waals surface area contributed by atoms with E-state index in [-0.39, 0.29) is 11.9 Å². The first kappa shape index (κ1) is 23.1. The van der Waals surface area contributed by atoms with Crippen LogP contribution >= 0.6 is 0 Å². The molecule has 7 rings (SSSR count). The number of aliphatic hydroxyl groups is 1. The predicted molar refractivity (Wildman–Crippen MR) is 145 cm³/mol. The van der Waals surface area contributed by atoms with Crippen LogP contribution in [0.4, 0.5) is 5.69 Å². The van der Waals surface area contributed by atoms with Gasteiger partial charge in [-0.05, 0) is 71.5 Å². The highest BCUT2D eigenvalue weighted by atomic mass is 16.5. The molecule has 2 unspecified atom stereocenters. The number of hydrogen-bond donors (Lipinski definition) is 1. The van der Waals surface area contributed by atoms with Gasteiger partial charge in [0.25, 0.3) is 5.91 Å². The smallest absolute Gasteiger partial charge is 0.254 e. The maximum absolute atomic E-state index is 13.6. The van der Waals surface area contributed by atoms with Gasteiger partial charge < -0.3 is 19.6 Å². The summed E-state index contributed by atoms with van der Waals surface area (Å²) in [6, 6.07) is 20.1. The van der Waals surface area contributed by atoms with Crippen molar-refractivity contribution >= 4 is 22.4 Å². The summed E-state index contributed by atoms with van der Waals surface area (Å²) >= 11 is 0. The largest absolute Gasteiger partial charge is 0.497 e. The van der Waals surface area contributed by atoms with Crippen LogP contribution in [-0.2, 0) is 13.1 Å². The summed E-state index contributed by atoms with van der Waals surface area (Å²) in [5.41, 5.74) is 4.50. The predicted octanol–water partition coefficient (Wildman–Crippen LogP) is 4.57. The Bertz CT molecular complexity index is 1340. The number of amides is 1. The number of aliphatic hydroxyl groups excluding tert-OH is 1. The lowest BCUT2D eigenvalue weighted by Gasteiger charge is -2.36. The van der Waals surface area contributed by atoms with E-state index >= 15 is 0 Å². The minimum absolute atomic E-state index is 0.0610. The summed E-state index contributed by atoms with van der Waals surface area (Å²) in [6.07, 6.45) is 4.59. The molecule has 6 nitrogen and oxygen atoms in total. The van der Waals surface area contributed by atoms with E-state index in [2.05, 4.69) is 52.3 Å². The Morgan fingerprint density at radius 1 is 0.946 bits per heavy atom. The number of ether oxygens (including phenoxy) is 1. The van der Waals surface area contributed by atoms with E-state index in [9.17, 15) is 9.90 Å². The molecule has 3 aromatic carbocycles. The van der Waals surface area contributed by atoms with Crippen molar-refractivity contribution in [1.29, 1.82) is 0 Å². The first-order chi connectivity index (χ1) is 18.1. The minimum Gasteiger partial charge on any atom is -0.497 e. The van der Waals surface area contributed by atoms with Crippen molar-refractivity contribution in [1.82, 2.24) is 9.80 Å². The highest BCUT2D eigenvalue weighted by Crippen LogP contribution is 2.39. The first-order valence-electron chi connectivity index (χ1n) is 13.8. The van der Waals surface area contributed by atoms with Crippen molar-refractivity contribution in [3.8, 4) is 5.75 Å². The molecule has 6 heteroatoms. The molecule has 3 aliphatic heterocycles. The minimum atomic E-state index is -0.411. The zero-order valence-corrected chi connectivity index (χ0v) is 21.5. The van der Waals surface area contributed by atoms with E-state index in [1.165, 1.54) is 28.4 Å². The van der Waals surface area contributed by atoms with E-state index < -0.39 is 6.10 Å². The Kier molecular flexibility index (Phi) is 5.63. The fraction of sp³-hybridized carbons (Fsp3) is 0.452. The average Bonchev–Trinajstić information content (AvgIpc) is 3.62. The third-order valence-corrected chi connectivity index (χ3v) is 9.29. The molecule has 2 bridgehead atoms. The Morgan fingerprint density at radius 2 is 1.73 bits per heavy atom. The molecule has 0 radical (unpaired) electrons. The average molecular weight is 498 g/mol. The number of carbonyl (C=O) groups excluding carboxylic acids is 1. The normalized spacial score (nSPS) is 27.4. The van der Waals surface area contributed by atoms with Gasteiger partial charge in [0.1, 0.15) is 5.75 Å². The Morgan fingerprint density at radius 3 is 2.46 bits per heavy atom. The zero-order chi connectivity index (χ0) is 25.1. The molecule has 192 valence electrons. The van der Waals surface area contributed by atoms with Gasteiger partial charge in [-0.25, -0.2) is 0 Å². The van der Waals surface area contributed by atoms with Crippen molar-refractivity contribution in [2.75, 3.05) is 25.1 Å². The van der Waals surface area contributed by atoms with E-state index in [1.807, 2.05) is 17.0 Å². The second kappa shape index (κ2) is 9.03. The van der Waals surface area contributed by atoms with E-state index in [4.69, 9.17) is 4.74 Å². The van der Waals surface area contributed by atoms with Gasteiger partial charge in [0.15, 0.2) is 0 Å². The topological polar surface area (TPSA) is 56.3 Å². The molecule has 37 heavy (non-hydrogen) atoms. The molecule has 4 aliphatic rings. The second-order valence-electron chi connectivity index (χ2n) is 11.3. The van der Waals surface area contributed by atoms with Gasteiger partial charge in [0.05, 0.1) is 19.3 Å². The van der Waals surface area contributed by atoms with Crippen LogP contribution in [0, 0.1) is 0 Å². The Hall–Kier alpha value is -3.09. The molecule has 0 aromatic heterocycles. The van der Waals surface area contributed by atoms with Crippen LogP contribution in [0.25, 0.3) is 10.8 Å². The molecule has 4 atom stereocenters. The molecular formula is C31H35N3O3. The van der Waals surface area contributed by atoms with Crippen LogP contribution in [0.5, 0.6) is 5.75 Å². The number of nitrogens with zero attached hydrogens (tertiary/aromatic N) is 3. The van der Waals surface area contributed by atoms with Crippen molar-refractivity contribution in [3.63, 3.8) is 0 Å². The summed E-state index contributed by atoms with van der Waals surface area (Å²) in [4.78, 5) is 20.7. The van der Waals surface area contributed by atoms with Gasteiger partial charge in [-0.3, -0.25) is 9.69 Å². The third kappa shape index (κ3) is 3.80. The highest BCUT2D eigenvalue weighted by molar-refractivity contribution is 6.05. The molecule has 3 aromatic rings. The van der Waals surface area contributed by atoms with E-state index in [0.29, 0.717) is 18.6 Å². The molecule has 1 saturated carbocycles. The monoisotopic (exact) mass is 497 g/mol. The number of fused-ring (bicyclic) bond motifs is 5. The van der Waals surface area contributed by atoms with Crippen LogP contribution in [0.15, 0.2) is 54.6 Å². The SMILES string of the molecule is COc1ccc(N2CC3CC2CN3Cc2cc3c(c4ccccc24)CN([C@H]2CCCC[C@@H]2O)C3=O)cc1. The number of benzene rings is 3. The van der Waals surface area contributed by atoms with Crippen molar-refractivity contribution < 1.29 is 14.6 Å². The molecule has 3 fully saturated rings. The highest BCUT2D eigenvalue weighted by Gasteiger charge is 2.44. The van der Waals surface area contributed by atoms with Gasteiger partial charge in [0.2, 0.25) is 0 Å². The van der Waals surface area contributed by atoms with Gasteiger partial charge >= 0.3 is 0 Å². The van der Waals surface area contributed by atoms with Gasteiger partial charge in [0, 0.05) is 49.5 Å². The fourth-order valence-electron chi connectivity index (χ4n) is 7.37. The van der Waals surface area contributed by atoms with Gasteiger partial charge in [-0.15, -0.1) is 0 Å². The molecule has 1 N–H and O–H groups in total. The Labute approximate surface area is 218 Å². The number of likely N-dealkylation sites (tertiary alicyclic amines) is 1. The lowest BCUT2D eigenvalue weighted by Crippen LogP contribution is -2.46. The molecule has 1 amide bonds. The van der Waals surface area contributed by atoms with E-state index in [1.54, 1.807) is 7.11 Å². The lowest BCUT2D eigenvalue weighted by atomic mass is 9.91. The number of anilines is 1. The van der Waals surface area contributed by atoms with Crippen LogP contribution in [-0.4, -0.2) is 65.2 Å². The number of rotatable bonds is 5. The van der Waals surface area contributed by atoms with Gasteiger partial charge in [-0.1, -0.05) is 37.1 Å². The van der Waals surface area contributed by atoms with Crippen molar-refractivity contribution in [3.05, 3.63) is 71.3 Å². The fourth-order valence-corrected chi connectivity index (χ4v) is 7.37. The zero-order valence-electron chi connectivity index (χ0n) is 21.5. The maximum atomic E-state index is 13.6. The number of methoxy groups -OCH3 is 1. The van der Waals surface area contributed by atoms with Crippen molar-refractivity contribution in [2.45, 2.75) is 69.4 Å². The molecule has 1 aliphatic carbocycles. The molecule has 0 spiro atoms. The number of piperazine rings is 1. The summed E-state index contributed by atoms with van der Waals surface area (Å²) in [5, 5.41) is 13.1. The quantitative estimate of drug-likeness (QED) is 0.560. The summed E-state index contributed by atoms with van der Waals surface area (Å²) < 4.78 is 5.33. The standard InChI is InChI=1S/C31H35N3O3/c1-37-24-12-10-21(11-13-24)33-18-22-15-23(33)17-32(22)16-20-14-27-28(26-7-3-2-6-25(20)26)19-34(31(27)36)29-8-4-5-9-30(29)35/h2-3,6-7,10-14,22-23,29-30,35H,4-5,8-9,15-19H2,1H3/t22?,23?,29-,30-/m0/s1. The third-order valence-electron chi connectivity index (χ3n) is 9.29.